The maximum Gasteiger partial charge on any atom is 0.422 e. The first-order chi connectivity index (χ1) is 10.6. The number of hydrogen-bond donors (Lipinski definition) is 1. The second kappa shape index (κ2) is 8.43. The molecule has 0 aliphatic rings. The Hall–Kier alpha value is -0.940. The number of carboxylic acids is 1. The van der Waals surface area contributed by atoms with Crippen molar-refractivity contribution in [2.45, 2.75) is 38.0 Å². The second-order valence-corrected chi connectivity index (χ2v) is 8.48. The van der Waals surface area contributed by atoms with Crippen molar-refractivity contribution in [3.05, 3.63) is 0 Å². The molecule has 0 spiro atoms. The Morgan fingerprint density at radius 3 is 2.17 bits per heavy atom. The van der Waals surface area contributed by atoms with Crippen molar-refractivity contribution < 1.29 is 40.4 Å². The average molecular weight is 380 g/mol. The molecule has 0 aromatic carbocycles. The van der Waals surface area contributed by atoms with E-state index in [0.717, 1.165) is 0 Å². The molecule has 24 heavy (non-hydrogen) atoms. The number of sulfonamides is 1. The van der Waals surface area contributed by atoms with E-state index < -0.39 is 46.4 Å². The van der Waals surface area contributed by atoms with E-state index in [2.05, 4.69) is 4.72 Å². The predicted molar refractivity (Wildman–Crippen MR) is 78.1 cm³/mol. The van der Waals surface area contributed by atoms with Gasteiger partial charge in [-0.3, -0.25) is 0 Å². The van der Waals surface area contributed by atoms with E-state index in [1.165, 1.54) is 0 Å². The molecule has 6 nitrogen and oxygen atoms in total. The summed E-state index contributed by atoms with van der Waals surface area (Å²) in [6.45, 7) is 0.542. The van der Waals surface area contributed by atoms with Gasteiger partial charge in [0.25, 0.3) is 0 Å². The molecule has 11 heteroatoms. The Labute approximate surface area is 139 Å². The van der Waals surface area contributed by atoms with Crippen molar-refractivity contribution in [2.24, 2.45) is 0 Å². The predicted octanol–water partition coefficient (Wildman–Crippen LogP) is 0.193. The van der Waals surface area contributed by atoms with E-state index in [1.54, 1.807) is 14.1 Å². The molecule has 0 fully saturated rings. The summed E-state index contributed by atoms with van der Waals surface area (Å²) >= 11 is 0. The lowest BCUT2D eigenvalue weighted by Gasteiger charge is -2.30. The summed E-state index contributed by atoms with van der Waals surface area (Å²) in [5.41, 5.74) is -3.42. The molecule has 0 bridgehead atoms. The molecule has 0 saturated carbocycles. The van der Waals surface area contributed by atoms with Crippen LogP contribution >= 0.6 is 0 Å². The molecule has 0 aromatic rings. The van der Waals surface area contributed by atoms with Gasteiger partial charge in [0.15, 0.2) is 0 Å². The molecule has 0 heterocycles. The highest BCUT2D eigenvalue weighted by molar-refractivity contribution is 7.89. The van der Waals surface area contributed by atoms with Crippen LogP contribution in [0.5, 0.6) is 0 Å². The molecule has 0 aromatic heterocycles. The summed E-state index contributed by atoms with van der Waals surface area (Å²) in [7, 11) is -0.525. The molecule has 0 aliphatic carbocycles. The number of rotatable bonds is 11. The first-order valence-electron chi connectivity index (χ1n) is 7.33. The average Bonchev–Trinajstić information content (AvgIpc) is 2.31. The van der Waals surface area contributed by atoms with E-state index in [1.807, 2.05) is 0 Å². The van der Waals surface area contributed by atoms with Gasteiger partial charge in [-0.2, -0.15) is 13.2 Å². The van der Waals surface area contributed by atoms with Crippen LogP contribution in [0.25, 0.3) is 0 Å². The van der Waals surface area contributed by atoms with Crippen molar-refractivity contribution in [1.82, 2.24) is 4.72 Å². The molecule has 0 rings (SSSR count). The molecular weight excluding hydrogens is 356 g/mol. The fourth-order valence-corrected chi connectivity index (χ4v) is 3.10. The minimum atomic E-state index is -5.04. The van der Waals surface area contributed by atoms with Gasteiger partial charge in [0.05, 0.1) is 32.4 Å². The van der Waals surface area contributed by atoms with E-state index in [9.17, 15) is 35.9 Å². The zero-order valence-electron chi connectivity index (χ0n) is 14.0. The number of nitrogens with one attached hydrogen (secondary N) is 1. The highest BCUT2D eigenvalue weighted by Crippen LogP contribution is 2.37. The minimum Gasteiger partial charge on any atom is -0.544 e. The van der Waals surface area contributed by atoms with Crippen molar-refractivity contribution in [1.29, 1.82) is 0 Å². The summed E-state index contributed by atoms with van der Waals surface area (Å²) < 4.78 is 75.9. The number of carbonyl (C=O) groups excluding carboxylic acids is 1. The number of nitrogens with zero attached hydrogens (tertiary/aromatic N) is 1. The molecule has 1 atom stereocenters. The van der Waals surface area contributed by atoms with Crippen molar-refractivity contribution in [3.8, 4) is 0 Å². The number of likely N-dealkylation sites (N-methyl/N-ethyl adjacent to an activating group) is 1. The van der Waals surface area contributed by atoms with Crippen LogP contribution in [0.4, 0.5) is 17.6 Å². The third kappa shape index (κ3) is 9.38. The van der Waals surface area contributed by atoms with Crippen molar-refractivity contribution >= 4 is 16.0 Å². The van der Waals surface area contributed by atoms with Gasteiger partial charge in [0.1, 0.15) is 6.54 Å². The third-order valence-corrected chi connectivity index (χ3v) is 4.94. The quantitative estimate of drug-likeness (QED) is 0.315. The molecule has 0 aliphatic heterocycles. The number of hydrogen-bond acceptors (Lipinski definition) is 4. The summed E-state index contributed by atoms with van der Waals surface area (Å²) in [6, 6.07) is 0. The SMILES string of the molecule is CC(F)(CCCS(=O)(=O)NCCC[N+](C)(C)CC(=O)[O-])C(F)(F)F. The van der Waals surface area contributed by atoms with Crippen molar-refractivity contribution in [3.63, 3.8) is 0 Å². The van der Waals surface area contributed by atoms with Crippen LogP contribution in [0, 0.1) is 0 Å². The molecule has 0 saturated heterocycles. The Bertz CT molecular complexity index is 519. The van der Waals surface area contributed by atoms with E-state index in [0.29, 0.717) is 19.9 Å². The van der Waals surface area contributed by atoms with E-state index >= 15 is 0 Å². The van der Waals surface area contributed by atoms with Gasteiger partial charge in [-0.05, 0) is 19.8 Å². The smallest absolute Gasteiger partial charge is 0.422 e. The summed E-state index contributed by atoms with van der Waals surface area (Å²) in [5.74, 6) is -1.83. The van der Waals surface area contributed by atoms with Crippen LogP contribution in [0.3, 0.4) is 0 Å². The minimum absolute atomic E-state index is 0.0171. The largest absolute Gasteiger partial charge is 0.544 e. The molecule has 0 radical (unpaired) electrons. The topological polar surface area (TPSA) is 86.3 Å². The highest BCUT2D eigenvalue weighted by Gasteiger charge is 2.51. The third-order valence-electron chi connectivity index (χ3n) is 3.47. The van der Waals surface area contributed by atoms with E-state index in [4.69, 9.17) is 0 Å². The van der Waals surface area contributed by atoms with Crippen LogP contribution in [0.2, 0.25) is 0 Å². The van der Waals surface area contributed by atoms with Gasteiger partial charge in [-0.15, -0.1) is 0 Å². The van der Waals surface area contributed by atoms with Gasteiger partial charge in [0, 0.05) is 13.0 Å². The Morgan fingerprint density at radius 2 is 1.71 bits per heavy atom. The number of carboxylic acid groups (broad SMARTS) is 1. The molecule has 0 amide bonds. The second-order valence-electron chi connectivity index (χ2n) is 6.55. The van der Waals surface area contributed by atoms with Gasteiger partial charge in [-0.1, -0.05) is 0 Å². The monoisotopic (exact) mass is 380 g/mol. The molecule has 144 valence electrons. The normalized spacial score (nSPS) is 16.0. The number of alkyl halides is 4. The van der Waals surface area contributed by atoms with Crippen LogP contribution in [-0.2, 0) is 14.8 Å². The maximum atomic E-state index is 13.3. The Kier molecular flexibility index (Phi) is 8.10. The Morgan fingerprint density at radius 1 is 1.17 bits per heavy atom. The lowest BCUT2D eigenvalue weighted by atomic mass is 10.0. The zero-order valence-corrected chi connectivity index (χ0v) is 14.8. The van der Waals surface area contributed by atoms with Crippen molar-refractivity contribution in [2.75, 3.05) is 39.5 Å². The van der Waals surface area contributed by atoms with Gasteiger partial charge in [-0.25, -0.2) is 17.5 Å². The number of halogens is 4. The fraction of sp³-hybridized carbons (Fsp3) is 0.923. The van der Waals surface area contributed by atoms with Crippen LogP contribution in [0.1, 0.15) is 26.2 Å². The molecule has 1 N–H and O–H groups in total. The summed E-state index contributed by atoms with van der Waals surface area (Å²) in [4.78, 5) is 10.5. The van der Waals surface area contributed by atoms with Crippen LogP contribution < -0.4 is 9.83 Å². The van der Waals surface area contributed by atoms with Gasteiger partial charge < -0.3 is 14.4 Å². The standard InChI is InChI=1S/C13H24F4N2O4S/c1-12(14,13(15,16)17)6-4-9-24(22,23)18-7-5-8-19(2,3)10-11(20)21/h18H,4-10H2,1-3H3. The maximum absolute atomic E-state index is 13.3. The first kappa shape index (κ1) is 23.1. The fourth-order valence-electron chi connectivity index (χ4n) is 1.97. The number of aliphatic carboxylic acids is 1. The van der Waals surface area contributed by atoms with E-state index in [-0.39, 0.29) is 17.6 Å². The highest BCUT2D eigenvalue weighted by atomic mass is 32.2. The lowest BCUT2D eigenvalue weighted by Crippen LogP contribution is -2.49. The number of carbonyl (C=O) groups is 1. The van der Waals surface area contributed by atoms with Crippen LogP contribution in [-0.4, -0.2) is 70.2 Å². The number of quaternary nitrogens is 1. The Balaban J connectivity index is 4.18. The van der Waals surface area contributed by atoms with Gasteiger partial charge >= 0.3 is 6.18 Å². The first-order valence-corrected chi connectivity index (χ1v) is 8.98. The summed E-state index contributed by atoms with van der Waals surface area (Å²) in [5, 5.41) is 10.5. The van der Waals surface area contributed by atoms with Gasteiger partial charge in [0.2, 0.25) is 15.7 Å². The van der Waals surface area contributed by atoms with Crippen LogP contribution in [0.15, 0.2) is 0 Å². The molecular formula is C13H24F4N2O4S. The molecule has 1 unspecified atom stereocenters. The zero-order chi connectivity index (χ0) is 19.2. The summed E-state index contributed by atoms with van der Waals surface area (Å²) in [6.07, 6.45) is -6.10. The lowest BCUT2D eigenvalue weighted by molar-refractivity contribution is -0.884.